The summed E-state index contributed by atoms with van der Waals surface area (Å²) in [7, 11) is 0. The molecule has 1 aliphatic heterocycles. The molecule has 1 heterocycles. The molecule has 0 aromatic heterocycles. The van der Waals surface area contributed by atoms with Gasteiger partial charge in [0.1, 0.15) is 5.60 Å². The van der Waals surface area contributed by atoms with E-state index in [1.165, 1.54) is 4.90 Å². The first-order valence-electron chi connectivity index (χ1n) is 7.82. The lowest BCUT2D eigenvalue weighted by Crippen LogP contribution is -2.43. The second-order valence-corrected chi connectivity index (χ2v) is 6.47. The quantitative estimate of drug-likeness (QED) is 0.841. The number of rotatable bonds is 3. The lowest BCUT2D eigenvalue weighted by atomic mass is 10.0. The highest BCUT2D eigenvalue weighted by atomic mass is 16.6. The summed E-state index contributed by atoms with van der Waals surface area (Å²) in [5, 5.41) is 0. The molecule has 122 valence electrons. The maximum Gasteiger partial charge on any atom is 0.417 e. The van der Waals surface area contributed by atoms with Gasteiger partial charge in [0.15, 0.2) is 0 Å². The van der Waals surface area contributed by atoms with Gasteiger partial charge in [-0.25, -0.2) is 9.69 Å². The molecule has 0 spiro atoms. The van der Waals surface area contributed by atoms with Crippen molar-refractivity contribution in [3.63, 3.8) is 0 Å². The number of nitrogens with zero attached hydrogens (tertiary/aromatic N) is 1. The minimum Gasteiger partial charge on any atom is -0.443 e. The van der Waals surface area contributed by atoms with Crippen LogP contribution in [0.4, 0.5) is 4.79 Å². The average Bonchev–Trinajstić information content (AvgIpc) is 2.48. The molecule has 1 aromatic rings. The van der Waals surface area contributed by atoms with Crippen molar-refractivity contribution in [1.29, 1.82) is 0 Å². The molecule has 0 unspecified atom stereocenters. The van der Waals surface area contributed by atoms with E-state index < -0.39 is 11.7 Å². The second kappa shape index (κ2) is 7.27. The summed E-state index contributed by atoms with van der Waals surface area (Å²) in [6.07, 6.45) is 6.42. The van der Waals surface area contributed by atoms with Crippen LogP contribution in [0.2, 0.25) is 0 Å². The Bertz CT molecular complexity index is 624. The predicted octanol–water partition coefficient (Wildman–Crippen LogP) is 4.18. The van der Waals surface area contributed by atoms with Crippen LogP contribution in [0.15, 0.2) is 48.1 Å². The number of imide groups is 1. The van der Waals surface area contributed by atoms with Gasteiger partial charge in [0, 0.05) is 12.1 Å². The molecule has 0 fully saturated rings. The first kappa shape index (κ1) is 17.0. The van der Waals surface area contributed by atoms with Crippen LogP contribution in [0.25, 0.3) is 6.08 Å². The van der Waals surface area contributed by atoms with Crippen LogP contribution in [-0.2, 0) is 9.53 Å². The third kappa shape index (κ3) is 5.09. The lowest BCUT2D eigenvalue weighted by Gasteiger charge is -2.28. The zero-order valence-corrected chi connectivity index (χ0v) is 13.9. The Balaban J connectivity index is 1.98. The molecule has 0 aliphatic carbocycles. The summed E-state index contributed by atoms with van der Waals surface area (Å²) in [5.74, 6) is -0.261. The molecular weight excluding hydrogens is 290 g/mol. The van der Waals surface area contributed by atoms with Crippen molar-refractivity contribution in [2.45, 2.75) is 39.2 Å². The fraction of sp³-hybridized carbons (Fsp3) is 0.368. The van der Waals surface area contributed by atoms with Crippen molar-refractivity contribution < 1.29 is 14.3 Å². The van der Waals surface area contributed by atoms with Crippen molar-refractivity contribution in [1.82, 2.24) is 4.90 Å². The van der Waals surface area contributed by atoms with Crippen molar-refractivity contribution in [2.75, 3.05) is 6.54 Å². The Kier molecular flexibility index (Phi) is 5.37. The van der Waals surface area contributed by atoms with Crippen LogP contribution in [-0.4, -0.2) is 29.0 Å². The highest BCUT2D eigenvalue weighted by Crippen LogP contribution is 2.19. The number of hydrogen-bond acceptors (Lipinski definition) is 3. The van der Waals surface area contributed by atoms with Gasteiger partial charge in [-0.05, 0) is 39.2 Å². The molecule has 23 heavy (non-hydrogen) atoms. The van der Waals surface area contributed by atoms with Gasteiger partial charge >= 0.3 is 6.09 Å². The largest absolute Gasteiger partial charge is 0.443 e. The molecule has 0 bridgehead atoms. The lowest BCUT2D eigenvalue weighted by molar-refractivity contribution is -0.127. The topological polar surface area (TPSA) is 46.6 Å². The van der Waals surface area contributed by atoms with E-state index in [1.54, 1.807) is 20.8 Å². The van der Waals surface area contributed by atoms with Crippen molar-refractivity contribution >= 4 is 18.1 Å². The second-order valence-electron chi connectivity index (χ2n) is 6.47. The third-order valence-electron chi connectivity index (χ3n) is 3.32. The zero-order valence-electron chi connectivity index (χ0n) is 13.9. The fourth-order valence-electron chi connectivity index (χ4n) is 2.28. The molecule has 0 radical (unpaired) electrons. The van der Waals surface area contributed by atoms with Crippen LogP contribution < -0.4 is 0 Å². The minimum atomic E-state index is -0.605. The fourth-order valence-corrected chi connectivity index (χ4v) is 2.28. The van der Waals surface area contributed by atoms with Crippen LogP contribution in [0, 0.1) is 0 Å². The molecule has 0 saturated heterocycles. The highest BCUT2D eigenvalue weighted by Gasteiger charge is 2.30. The van der Waals surface area contributed by atoms with E-state index in [1.807, 2.05) is 48.6 Å². The van der Waals surface area contributed by atoms with E-state index in [9.17, 15) is 9.59 Å². The van der Waals surface area contributed by atoms with E-state index in [4.69, 9.17) is 4.74 Å². The van der Waals surface area contributed by atoms with Crippen LogP contribution in [0.3, 0.4) is 0 Å². The van der Waals surface area contributed by atoms with Gasteiger partial charge in [0.05, 0.1) is 0 Å². The molecule has 4 heteroatoms. The minimum absolute atomic E-state index is 0.261. The van der Waals surface area contributed by atoms with Crippen LogP contribution >= 0.6 is 0 Å². The van der Waals surface area contributed by atoms with Gasteiger partial charge in [0.2, 0.25) is 0 Å². The van der Waals surface area contributed by atoms with Gasteiger partial charge < -0.3 is 4.74 Å². The van der Waals surface area contributed by atoms with Crippen molar-refractivity contribution in [2.24, 2.45) is 0 Å². The summed E-state index contributed by atoms with van der Waals surface area (Å²) < 4.78 is 5.29. The van der Waals surface area contributed by atoms with Gasteiger partial charge in [-0.1, -0.05) is 48.6 Å². The molecular formula is C19H23NO3. The number of benzene rings is 1. The molecule has 4 nitrogen and oxygen atoms in total. The maximum atomic E-state index is 12.4. The number of carbonyl (C=O) groups excluding carboxylic acids is 2. The summed E-state index contributed by atoms with van der Waals surface area (Å²) in [4.78, 5) is 25.7. The van der Waals surface area contributed by atoms with E-state index in [0.29, 0.717) is 25.0 Å². The number of allylic oxidation sites excluding steroid dienone is 1. The van der Waals surface area contributed by atoms with Gasteiger partial charge in [-0.2, -0.15) is 0 Å². The normalized spacial score (nSPS) is 15.7. The van der Waals surface area contributed by atoms with Crippen molar-refractivity contribution in [3.05, 3.63) is 53.6 Å². The molecule has 0 N–H and O–H groups in total. The first-order chi connectivity index (χ1) is 10.9. The predicted molar refractivity (Wildman–Crippen MR) is 90.7 cm³/mol. The number of amides is 2. The molecule has 2 amide bonds. The molecule has 1 aliphatic rings. The number of hydrogen-bond donors (Lipinski definition) is 0. The smallest absolute Gasteiger partial charge is 0.417 e. The first-order valence-corrected chi connectivity index (χ1v) is 7.82. The standard InChI is InChI=1S/C19H23NO3/c1-19(2,3)23-18(22)20-14-8-13-16(17(20)21)12-7-11-15-9-5-4-6-10-15/h4-7,9-11,13H,8,12,14H2,1-3H3/b11-7+. The molecule has 2 rings (SSSR count). The Hall–Kier alpha value is -2.36. The average molecular weight is 313 g/mol. The Morgan fingerprint density at radius 3 is 2.61 bits per heavy atom. The van der Waals surface area contributed by atoms with Crippen LogP contribution in [0.5, 0.6) is 0 Å². The van der Waals surface area contributed by atoms with Gasteiger partial charge in [-0.3, -0.25) is 4.79 Å². The SMILES string of the molecule is CC(C)(C)OC(=O)N1CCC=C(C/C=C/c2ccccc2)C1=O. The van der Waals surface area contributed by atoms with Gasteiger partial charge in [-0.15, -0.1) is 0 Å². The van der Waals surface area contributed by atoms with E-state index in [0.717, 1.165) is 5.56 Å². The zero-order chi connectivity index (χ0) is 16.9. The number of ether oxygens (including phenoxy) is 1. The van der Waals surface area contributed by atoms with E-state index in [2.05, 4.69) is 0 Å². The third-order valence-corrected chi connectivity index (χ3v) is 3.32. The summed E-state index contributed by atoms with van der Waals surface area (Å²) in [6, 6.07) is 9.90. The maximum absolute atomic E-state index is 12.4. The summed E-state index contributed by atoms with van der Waals surface area (Å²) in [6.45, 7) is 5.75. The number of carbonyl (C=O) groups is 2. The van der Waals surface area contributed by atoms with E-state index >= 15 is 0 Å². The molecule has 0 saturated carbocycles. The Morgan fingerprint density at radius 2 is 1.96 bits per heavy atom. The summed E-state index contributed by atoms with van der Waals surface area (Å²) >= 11 is 0. The van der Waals surface area contributed by atoms with Gasteiger partial charge in [0.25, 0.3) is 5.91 Å². The molecule has 1 aromatic carbocycles. The monoisotopic (exact) mass is 313 g/mol. The van der Waals surface area contributed by atoms with Crippen molar-refractivity contribution in [3.8, 4) is 0 Å². The molecule has 0 atom stereocenters. The Morgan fingerprint density at radius 1 is 1.26 bits per heavy atom. The Labute approximate surface area is 137 Å². The van der Waals surface area contributed by atoms with E-state index in [-0.39, 0.29) is 5.91 Å². The van der Waals surface area contributed by atoms with Crippen LogP contribution in [0.1, 0.15) is 39.2 Å². The summed E-state index contributed by atoms with van der Waals surface area (Å²) in [5.41, 5.74) is 1.11. The highest BCUT2D eigenvalue weighted by molar-refractivity contribution is 6.03.